The first-order valence-corrected chi connectivity index (χ1v) is 17.5. The largest absolute Gasteiger partial charge is 1.00 e. The molecule has 0 radical (unpaired) electrons. The number of halogens is 2. The van der Waals surface area contributed by atoms with Gasteiger partial charge in [-0.05, 0) is 93.3 Å². The minimum Gasteiger partial charge on any atom is -1.00 e. The summed E-state index contributed by atoms with van der Waals surface area (Å²) in [5, 5.41) is 2.54. The predicted octanol–water partition coefficient (Wildman–Crippen LogP) is 6.25. The zero-order chi connectivity index (χ0) is 31.3. The van der Waals surface area contributed by atoms with Crippen molar-refractivity contribution in [2.24, 2.45) is 0 Å². The highest BCUT2D eigenvalue weighted by molar-refractivity contribution is 8.22. The lowest BCUT2D eigenvalue weighted by atomic mass is 10.1. The molecule has 0 saturated heterocycles. The number of hydrogen-bond donors (Lipinski definition) is 2. The molecule has 0 saturated carbocycles. The molecule has 5 rings (SSSR count). The van der Waals surface area contributed by atoms with Gasteiger partial charge < -0.3 is 30.9 Å². The molecule has 0 unspecified atom stereocenters. The third-order valence-electron chi connectivity index (χ3n) is 8.85. The molecule has 0 bridgehead atoms. The Morgan fingerprint density at radius 1 is 0.778 bits per heavy atom. The molecule has 1 aliphatic heterocycles. The fraction of sp³-hybridized carbons (Fsp3) is 0.389. The molecular formula is C36H46BrClN2O4S. The van der Waals surface area contributed by atoms with Crippen molar-refractivity contribution in [3.63, 3.8) is 0 Å². The summed E-state index contributed by atoms with van der Waals surface area (Å²) in [4.78, 5) is 0.506. The fourth-order valence-electron chi connectivity index (χ4n) is 6.33. The minimum absolute atomic E-state index is 0. The second kappa shape index (κ2) is 15.5. The van der Waals surface area contributed by atoms with E-state index in [2.05, 4.69) is 45.9 Å². The van der Waals surface area contributed by atoms with Crippen LogP contribution in [0.4, 0.5) is 0 Å². The Bertz CT molecular complexity index is 1580. The number of hydrogen-bond acceptors (Lipinski definition) is 5. The molecular weight excluding hydrogens is 672 g/mol. The topological polar surface area (TPSA) is 62.2 Å². The van der Waals surface area contributed by atoms with E-state index in [1.807, 2.05) is 58.9 Å². The number of benzene rings is 4. The van der Waals surface area contributed by atoms with Crippen LogP contribution in [0.15, 0.2) is 77.7 Å². The van der Waals surface area contributed by atoms with Crippen molar-refractivity contribution in [1.82, 2.24) is 4.31 Å². The third kappa shape index (κ3) is 8.74. The smallest absolute Gasteiger partial charge is 0.161 e. The van der Waals surface area contributed by atoms with Crippen molar-refractivity contribution >= 4 is 33.1 Å². The quantitative estimate of drug-likeness (QED) is 0.127. The highest BCUT2D eigenvalue weighted by Gasteiger charge is 2.28. The van der Waals surface area contributed by atoms with E-state index in [4.69, 9.17) is 21.1 Å². The van der Waals surface area contributed by atoms with Gasteiger partial charge in [0, 0.05) is 23.7 Å². The lowest BCUT2D eigenvalue weighted by Gasteiger charge is -2.43. The van der Waals surface area contributed by atoms with Crippen molar-refractivity contribution in [3.8, 4) is 11.5 Å². The van der Waals surface area contributed by atoms with Crippen LogP contribution in [0.2, 0.25) is 5.02 Å². The van der Waals surface area contributed by atoms with Crippen LogP contribution in [0, 0.1) is 13.8 Å². The number of nitrogens with zero attached hydrogens (tertiary/aromatic N) is 2. The summed E-state index contributed by atoms with van der Waals surface area (Å²) < 4.78 is 38.1. The number of fused-ring (bicyclic) bond motifs is 2. The van der Waals surface area contributed by atoms with Gasteiger partial charge in [0.1, 0.15) is 19.8 Å². The van der Waals surface area contributed by atoms with Crippen LogP contribution in [-0.4, -0.2) is 57.3 Å². The maximum absolute atomic E-state index is 11.8. The molecule has 0 amide bonds. The van der Waals surface area contributed by atoms with Crippen molar-refractivity contribution in [1.29, 1.82) is 0 Å². The lowest BCUT2D eigenvalue weighted by Crippen LogP contribution is -3.00. The van der Waals surface area contributed by atoms with E-state index in [0.29, 0.717) is 42.0 Å². The van der Waals surface area contributed by atoms with Crippen LogP contribution < -0.4 is 26.5 Å². The number of ether oxygens (including phenoxy) is 2. The van der Waals surface area contributed by atoms with Gasteiger partial charge in [-0.1, -0.05) is 59.1 Å². The Hall–Kier alpha value is -2.30. The zero-order valence-corrected chi connectivity index (χ0v) is 29.9. The van der Waals surface area contributed by atoms with Gasteiger partial charge >= 0.3 is 0 Å². The Morgan fingerprint density at radius 2 is 1.44 bits per heavy atom. The zero-order valence-electron chi connectivity index (χ0n) is 26.8. The average molecular weight is 718 g/mol. The Balaban J connectivity index is 0.00000461. The van der Waals surface area contributed by atoms with Gasteiger partial charge in [0.15, 0.2) is 11.5 Å². The second-order valence-corrected chi connectivity index (χ2v) is 14.5. The second-order valence-electron chi connectivity index (χ2n) is 12.1. The molecule has 45 heavy (non-hydrogen) atoms. The molecule has 0 aliphatic carbocycles. The standard InChI is InChI=1S/C36H45ClN2O4S.BrH/c1-5-39(6-2,26-30-20-27(3)19-28(4)21-30)16-8-7-15-38(25-29-9-14-35-36(22-29)43-18-17-42-35)44(40,41)34-13-11-31-23-33(37)12-10-32(31)24-34;/h9-14,19-24H,5-8,15-18,25-26H2,1-4H3,(H-,40,41);1H. The molecule has 9 heteroatoms. The average Bonchev–Trinajstić information content (AvgIpc) is 3.01. The van der Waals surface area contributed by atoms with E-state index in [1.54, 1.807) is 0 Å². The van der Waals surface area contributed by atoms with E-state index < -0.39 is 10.8 Å². The van der Waals surface area contributed by atoms with E-state index in [9.17, 15) is 9.11 Å². The first-order chi connectivity index (χ1) is 21.1. The van der Waals surface area contributed by atoms with E-state index >= 15 is 0 Å². The first-order valence-electron chi connectivity index (χ1n) is 15.6. The lowest BCUT2D eigenvalue weighted by molar-refractivity contribution is -0.938. The molecule has 4 aromatic rings. The fourth-order valence-corrected chi connectivity index (χ4v) is 8.05. The third-order valence-corrected chi connectivity index (χ3v) is 11.0. The molecule has 6 nitrogen and oxygen atoms in total. The molecule has 1 heterocycles. The van der Waals surface area contributed by atoms with Crippen molar-refractivity contribution in [2.45, 2.75) is 58.5 Å². The number of aryl methyl sites for hydroxylation is 2. The summed E-state index contributed by atoms with van der Waals surface area (Å²) in [5.74, 6) is 1.43. The molecule has 2 N–H and O–H groups in total. The van der Waals surface area contributed by atoms with Gasteiger partial charge in [0.25, 0.3) is 0 Å². The van der Waals surface area contributed by atoms with Crippen LogP contribution in [-0.2, 0) is 13.1 Å². The summed E-state index contributed by atoms with van der Waals surface area (Å²) in [6.45, 7) is 15.0. The Kier molecular flexibility index (Phi) is 12.3. The van der Waals surface area contributed by atoms with Crippen LogP contribution in [0.1, 0.15) is 48.9 Å². The SMILES string of the molecule is CC[N+](CC)(CCCCN(Cc1ccc2c(c1)OCCO2)S(O)(O)c1ccc2cc(Cl)ccc2c1)Cc1cc(C)cc(C)c1.[Br-]. The van der Waals surface area contributed by atoms with Crippen LogP contribution in [0.3, 0.4) is 0 Å². The molecule has 244 valence electrons. The number of quaternary nitrogens is 1. The van der Waals surface area contributed by atoms with E-state index in [-0.39, 0.29) is 17.0 Å². The summed E-state index contributed by atoms with van der Waals surface area (Å²) in [6, 6.07) is 23.9. The van der Waals surface area contributed by atoms with Crippen LogP contribution in [0.25, 0.3) is 10.8 Å². The van der Waals surface area contributed by atoms with Crippen molar-refractivity contribution in [2.75, 3.05) is 39.4 Å². The highest BCUT2D eigenvalue weighted by atomic mass is 79.9. The molecule has 4 aromatic carbocycles. The van der Waals surface area contributed by atoms with Gasteiger partial charge in [0.05, 0.1) is 24.5 Å². The monoisotopic (exact) mass is 716 g/mol. The van der Waals surface area contributed by atoms with Crippen LogP contribution >= 0.6 is 22.4 Å². The van der Waals surface area contributed by atoms with Gasteiger partial charge in [0.2, 0.25) is 0 Å². The summed E-state index contributed by atoms with van der Waals surface area (Å²) in [7, 11) is -3.28. The number of unbranched alkanes of at least 4 members (excludes halogenated alkanes) is 1. The maximum atomic E-state index is 11.8. The molecule has 0 fully saturated rings. The van der Waals surface area contributed by atoms with Gasteiger partial charge in [-0.2, -0.15) is 4.31 Å². The van der Waals surface area contributed by atoms with Crippen molar-refractivity contribution in [3.05, 3.63) is 100 Å². The Labute approximate surface area is 285 Å². The maximum Gasteiger partial charge on any atom is 0.161 e. The predicted molar refractivity (Wildman–Crippen MR) is 183 cm³/mol. The van der Waals surface area contributed by atoms with Crippen molar-refractivity contribution < 1.29 is 40.0 Å². The minimum atomic E-state index is -3.28. The normalized spacial score (nSPS) is 13.6. The first kappa shape index (κ1) is 35.6. The summed E-state index contributed by atoms with van der Waals surface area (Å²) in [5.41, 5.74) is 4.95. The number of rotatable bonds is 13. The Morgan fingerprint density at radius 3 is 2.16 bits per heavy atom. The summed E-state index contributed by atoms with van der Waals surface area (Å²) >= 11 is 6.20. The summed E-state index contributed by atoms with van der Waals surface area (Å²) in [6.07, 6.45) is 1.83. The van der Waals surface area contributed by atoms with Crippen LogP contribution in [0.5, 0.6) is 11.5 Å². The molecule has 0 aromatic heterocycles. The molecule has 0 atom stereocenters. The molecule has 1 aliphatic rings. The van der Waals surface area contributed by atoms with E-state index in [1.165, 1.54) is 16.7 Å². The van der Waals surface area contributed by atoms with Gasteiger partial charge in [-0.15, -0.1) is 10.8 Å². The molecule has 0 spiro atoms. The van der Waals surface area contributed by atoms with E-state index in [0.717, 1.165) is 65.6 Å². The van der Waals surface area contributed by atoms with Gasteiger partial charge in [-0.25, -0.2) is 0 Å². The highest BCUT2D eigenvalue weighted by Crippen LogP contribution is 2.53. The van der Waals surface area contributed by atoms with Gasteiger partial charge in [-0.3, -0.25) is 9.11 Å².